The van der Waals surface area contributed by atoms with Gasteiger partial charge in [0.15, 0.2) is 16.7 Å². The first-order valence-corrected chi connectivity index (χ1v) is 11.4. The smallest absolute Gasteiger partial charge is 0.257 e. The molecule has 1 aliphatic rings. The number of hydrogen-bond acceptors (Lipinski definition) is 6. The van der Waals surface area contributed by atoms with Crippen LogP contribution in [-0.2, 0) is 10.5 Å². The first kappa shape index (κ1) is 22.0. The van der Waals surface area contributed by atoms with Gasteiger partial charge in [-0.15, -0.1) is 0 Å². The predicted octanol–water partition coefficient (Wildman–Crippen LogP) is 4.25. The fourth-order valence-corrected chi connectivity index (χ4v) is 4.73. The molecule has 4 rings (SSSR count). The molecule has 1 atom stereocenters. The minimum absolute atomic E-state index is 0.157. The standard InChI is InChI=1S/C24H25N3O4S/c1-4-31-18-10-9-15(11-19(18)30-3)17-12-20(28)25-22-21(17)23(29)27-24(26-22)32-13-16-8-6-5-7-14(16)2/h5-11,17H,4,12-13H2,1-3H3,(H2,25,26,27,28,29)/t17-/m0/s1. The Bertz CT molecular complexity index is 1210. The van der Waals surface area contributed by atoms with E-state index >= 15 is 0 Å². The van der Waals surface area contributed by atoms with Gasteiger partial charge in [0.1, 0.15) is 5.82 Å². The Morgan fingerprint density at radius 2 is 1.97 bits per heavy atom. The van der Waals surface area contributed by atoms with Crippen LogP contribution in [0.3, 0.4) is 0 Å². The van der Waals surface area contributed by atoms with Gasteiger partial charge in [0.05, 0.1) is 19.3 Å². The quantitative estimate of drug-likeness (QED) is 0.412. The molecular formula is C24H25N3O4S. The average molecular weight is 452 g/mol. The van der Waals surface area contributed by atoms with Crippen LogP contribution < -0.4 is 20.3 Å². The largest absolute Gasteiger partial charge is 0.493 e. The van der Waals surface area contributed by atoms with Crippen LogP contribution in [0.2, 0.25) is 0 Å². The summed E-state index contributed by atoms with van der Waals surface area (Å²) in [5, 5.41) is 3.25. The van der Waals surface area contributed by atoms with Gasteiger partial charge in [0.2, 0.25) is 5.91 Å². The maximum atomic E-state index is 13.1. The number of H-pyrrole nitrogens is 1. The van der Waals surface area contributed by atoms with Crippen LogP contribution in [0.15, 0.2) is 52.4 Å². The highest BCUT2D eigenvalue weighted by molar-refractivity contribution is 7.98. The van der Waals surface area contributed by atoms with Crippen molar-refractivity contribution in [2.45, 2.75) is 37.1 Å². The summed E-state index contributed by atoms with van der Waals surface area (Å²) in [7, 11) is 1.56. The fraction of sp³-hybridized carbons (Fsp3) is 0.292. The summed E-state index contributed by atoms with van der Waals surface area (Å²) in [5.41, 5.74) is 3.35. The Kier molecular flexibility index (Phi) is 6.50. The molecule has 2 heterocycles. The van der Waals surface area contributed by atoms with Crippen LogP contribution in [0.5, 0.6) is 11.5 Å². The summed E-state index contributed by atoms with van der Waals surface area (Å²) in [6.07, 6.45) is 0.157. The summed E-state index contributed by atoms with van der Waals surface area (Å²) in [4.78, 5) is 33.0. The zero-order valence-electron chi connectivity index (χ0n) is 18.2. The van der Waals surface area contributed by atoms with Crippen molar-refractivity contribution in [2.75, 3.05) is 19.0 Å². The molecule has 0 unspecified atom stereocenters. The highest BCUT2D eigenvalue weighted by Gasteiger charge is 2.31. The lowest BCUT2D eigenvalue weighted by atomic mass is 9.86. The third-order valence-electron chi connectivity index (χ3n) is 5.44. The summed E-state index contributed by atoms with van der Waals surface area (Å²) < 4.78 is 11.0. The first-order valence-electron chi connectivity index (χ1n) is 10.4. The Balaban J connectivity index is 1.66. The highest BCUT2D eigenvalue weighted by atomic mass is 32.2. The van der Waals surface area contributed by atoms with Crippen molar-refractivity contribution < 1.29 is 14.3 Å². The molecule has 7 nitrogen and oxygen atoms in total. The van der Waals surface area contributed by atoms with Crippen molar-refractivity contribution in [1.29, 1.82) is 0 Å². The van der Waals surface area contributed by atoms with E-state index in [0.717, 1.165) is 5.56 Å². The topological polar surface area (TPSA) is 93.3 Å². The number of aromatic nitrogens is 2. The fourth-order valence-electron chi connectivity index (χ4n) is 3.80. The molecule has 2 aromatic carbocycles. The number of amides is 1. The van der Waals surface area contributed by atoms with Crippen LogP contribution >= 0.6 is 11.8 Å². The number of fused-ring (bicyclic) bond motifs is 1. The van der Waals surface area contributed by atoms with Crippen molar-refractivity contribution >= 4 is 23.5 Å². The van der Waals surface area contributed by atoms with E-state index in [9.17, 15) is 9.59 Å². The third-order valence-corrected chi connectivity index (χ3v) is 6.37. The molecule has 0 aliphatic carbocycles. The van der Waals surface area contributed by atoms with E-state index in [-0.39, 0.29) is 17.9 Å². The van der Waals surface area contributed by atoms with Crippen LogP contribution in [0.25, 0.3) is 0 Å². The van der Waals surface area contributed by atoms with Gasteiger partial charge in [-0.05, 0) is 42.7 Å². The molecule has 1 aromatic heterocycles. The number of hydrogen-bond donors (Lipinski definition) is 2. The van der Waals surface area contributed by atoms with Crippen LogP contribution in [0.4, 0.5) is 5.82 Å². The maximum Gasteiger partial charge on any atom is 0.257 e. The van der Waals surface area contributed by atoms with Gasteiger partial charge in [0.25, 0.3) is 5.56 Å². The number of carbonyl (C=O) groups is 1. The summed E-state index contributed by atoms with van der Waals surface area (Å²) in [6.45, 7) is 4.46. The molecular weight excluding hydrogens is 426 g/mol. The van der Waals surface area contributed by atoms with E-state index in [4.69, 9.17) is 9.47 Å². The monoisotopic (exact) mass is 451 g/mol. The maximum absolute atomic E-state index is 13.1. The van der Waals surface area contributed by atoms with Crippen molar-refractivity contribution in [3.05, 3.63) is 75.1 Å². The molecule has 0 saturated carbocycles. The number of carbonyl (C=O) groups excluding carboxylic acids is 1. The summed E-state index contributed by atoms with van der Waals surface area (Å²) in [6, 6.07) is 13.6. The Labute approximate surface area is 190 Å². The van der Waals surface area contributed by atoms with Gasteiger partial charge < -0.3 is 19.8 Å². The molecule has 1 aliphatic heterocycles. The van der Waals surface area contributed by atoms with Gasteiger partial charge in [0, 0.05) is 18.1 Å². The predicted molar refractivity (Wildman–Crippen MR) is 125 cm³/mol. The Morgan fingerprint density at radius 1 is 1.16 bits per heavy atom. The lowest BCUT2D eigenvalue weighted by Gasteiger charge is -2.25. The van der Waals surface area contributed by atoms with Crippen molar-refractivity contribution in [3.63, 3.8) is 0 Å². The number of ether oxygens (including phenoxy) is 2. The lowest BCUT2D eigenvalue weighted by molar-refractivity contribution is -0.116. The lowest BCUT2D eigenvalue weighted by Crippen LogP contribution is -2.31. The number of benzene rings is 2. The Hall–Kier alpha value is -3.26. The van der Waals surface area contributed by atoms with Gasteiger partial charge in [-0.1, -0.05) is 42.1 Å². The second-order valence-corrected chi connectivity index (χ2v) is 8.46. The van der Waals surface area contributed by atoms with E-state index < -0.39 is 5.92 Å². The van der Waals surface area contributed by atoms with Crippen molar-refractivity contribution in [3.8, 4) is 11.5 Å². The molecule has 8 heteroatoms. The van der Waals surface area contributed by atoms with Crippen molar-refractivity contribution in [2.24, 2.45) is 0 Å². The number of thioether (sulfide) groups is 1. The van der Waals surface area contributed by atoms with E-state index in [0.29, 0.717) is 40.4 Å². The molecule has 166 valence electrons. The molecule has 0 spiro atoms. The zero-order chi connectivity index (χ0) is 22.7. The van der Waals surface area contributed by atoms with Crippen molar-refractivity contribution in [1.82, 2.24) is 9.97 Å². The molecule has 1 amide bonds. The average Bonchev–Trinajstić information content (AvgIpc) is 2.78. The number of methoxy groups -OCH3 is 1. The second kappa shape index (κ2) is 9.48. The van der Waals surface area contributed by atoms with Crippen LogP contribution in [-0.4, -0.2) is 29.6 Å². The van der Waals surface area contributed by atoms with E-state index in [1.54, 1.807) is 13.2 Å². The molecule has 0 fully saturated rings. The van der Waals surface area contributed by atoms with Gasteiger partial charge >= 0.3 is 0 Å². The summed E-state index contributed by atoms with van der Waals surface area (Å²) >= 11 is 1.43. The molecule has 2 N–H and O–H groups in total. The zero-order valence-corrected chi connectivity index (χ0v) is 19.0. The minimum Gasteiger partial charge on any atom is -0.493 e. The van der Waals surface area contributed by atoms with Gasteiger partial charge in [-0.3, -0.25) is 9.59 Å². The molecule has 0 saturated heterocycles. The number of aryl methyl sites for hydroxylation is 1. The highest BCUT2D eigenvalue weighted by Crippen LogP contribution is 2.38. The third kappa shape index (κ3) is 4.50. The molecule has 0 radical (unpaired) electrons. The first-order chi connectivity index (χ1) is 15.5. The van der Waals surface area contributed by atoms with E-state index in [1.165, 1.54) is 22.9 Å². The number of aromatic amines is 1. The molecule has 32 heavy (non-hydrogen) atoms. The number of anilines is 1. The molecule has 3 aromatic rings. The number of nitrogens with one attached hydrogen (secondary N) is 2. The Morgan fingerprint density at radius 3 is 2.72 bits per heavy atom. The SMILES string of the molecule is CCOc1ccc([C@@H]2CC(=O)Nc3nc(SCc4ccccc4C)[nH]c(=O)c32)cc1OC. The normalized spacial score (nSPS) is 15.1. The van der Waals surface area contributed by atoms with E-state index in [2.05, 4.69) is 34.3 Å². The number of nitrogens with zero attached hydrogens (tertiary/aromatic N) is 1. The van der Waals surface area contributed by atoms with E-state index in [1.807, 2.05) is 31.2 Å². The summed E-state index contributed by atoms with van der Waals surface area (Å²) in [5.74, 6) is 1.57. The number of rotatable bonds is 7. The minimum atomic E-state index is -0.421. The second-order valence-electron chi connectivity index (χ2n) is 7.50. The van der Waals surface area contributed by atoms with Crippen LogP contribution in [0.1, 0.15) is 41.5 Å². The van der Waals surface area contributed by atoms with Crippen LogP contribution in [0, 0.1) is 6.92 Å². The molecule has 0 bridgehead atoms. The van der Waals surface area contributed by atoms with Gasteiger partial charge in [-0.25, -0.2) is 4.98 Å². The van der Waals surface area contributed by atoms with Gasteiger partial charge in [-0.2, -0.15) is 0 Å².